The van der Waals surface area contributed by atoms with Crippen LogP contribution in [0.1, 0.15) is 18.4 Å². The molecule has 1 aliphatic heterocycles. The third-order valence-electron chi connectivity index (χ3n) is 4.38. The molecule has 1 N–H and O–H groups in total. The van der Waals surface area contributed by atoms with Gasteiger partial charge in [-0.2, -0.15) is 0 Å². The van der Waals surface area contributed by atoms with E-state index in [1.165, 1.54) is 0 Å². The minimum atomic E-state index is -0.0113. The third-order valence-corrected chi connectivity index (χ3v) is 4.38. The average Bonchev–Trinajstić information content (AvgIpc) is 2.53. The molecule has 0 radical (unpaired) electrons. The van der Waals surface area contributed by atoms with E-state index in [9.17, 15) is 9.59 Å². The first-order chi connectivity index (χ1) is 11.4. The molecule has 0 aliphatic carbocycles. The Labute approximate surface area is 144 Å². The molecular formula is C18H28N4O2. The molecule has 1 heterocycles. The molecule has 1 aliphatic rings. The van der Waals surface area contributed by atoms with Gasteiger partial charge in [0.25, 0.3) is 0 Å². The Balaban J connectivity index is 1.88. The van der Waals surface area contributed by atoms with Gasteiger partial charge in [0.05, 0.1) is 6.54 Å². The molecule has 1 fully saturated rings. The van der Waals surface area contributed by atoms with E-state index in [0.29, 0.717) is 6.54 Å². The summed E-state index contributed by atoms with van der Waals surface area (Å²) in [7, 11) is 5.35. The lowest BCUT2D eigenvalue weighted by atomic mass is 10.0. The second-order valence-corrected chi connectivity index (χ2v) is 6.74. The highest BCUT2D eigenvalue weighted by Gasteiger charge is 2.27. The fourth-order valence-corrected chi connectivity index (χ4v) is 3.09. The number of likely N-dealkylation sites (tertiary alicyclic amines) is 1. The van der Waals surface area contributed by atoms with Crippen molar-refractivity contribution in [3.8, 4) is 0 Å². The number of carbonyl (C=O) groups excluding carboxylic acids is 2. The summed E-state index contributed by atoms with van der Waals surface area (Å²) < 4.78 is 0. The van der Waals surface area contributed by atoms with Gasteiger partial charge in [-0.05, 0) is 44.0 Å². The van der Waals surface area contributed by atoms with Gasteiger partial charge in [0, 0.05) is 39.4 Å². The maximum absolute atomic E-state index is 12.3. The zero-order valence-corrected chi connectivity index (χ0v) is 15.1. The van der Waals surface area contributed by atoms with Crippen LogP contribution in [0.4, 0.5) is 10.5 Å². The van der Waals surface area contributed by atoms with Crippen LogP contribution in [0.3, 0.4) is 0 Å². The molecule has 1 aromatic rings. The van der Waals surface area contributed by atoms with Crippen molar-refractivity contribution < 1.29 is 9.59 Å². The number of amides is 3. The molecule has 1 saturated heterocycles. The van der Waals surface area contributed by atoms with Crippen LogP contribution in [-0.4, -0.2) is 73.5 Å². The first-order valence-corrected chi connectivity index (χ1v) is 8.40. The molecule has 3 amide bonds. The van der Waals surface area contributed by atoms with Crippen LogP contribution >= 0.6 is 0 Å². The van der Waals surface area contributed by atoms with E-state index < -0.39 is 0 Å². The normalized spacial score (nSPS) is 18.1. The molecule has 6 heteroatoms. The number of rotatable bonds is 4. The first-order valence-electron chi connectivity index (χ1n) is 8.40. The van der Waals surface area contributed by atoms with Crippen LogP contribution in [0.5, 0.6) is 0 Å². The molecule has 2 rings (SSSR count). The Morgan fingerprint density at radius 2 is 2.04 bits per heavy atom. The fraction of sp³-hybridized carbons (Fsp3) is 0.556. The number of aryl methyl sites for hydroxylation is 1. The number of hydrogen-bond acceptors (Lipinski definition) is 3. The number of carbonyl (C=O) groups is 2. The summed E-state index contributed by atoms with van der Waals surface area (Å²) in [5.41, 5.74) is 1.95. The highest BCUT2D eigenvalue weighted by molar-refractivity contribution is 5.92. The Morgan fingerprint density at radius 1 is 1.29 bits per heavy atom. The Hall–Kier alpha value is -2.08. The van der Waals surface area contributed by atoms with Crippen LogP contribution in [0.2, 0.25) is 0 Å². The molecule has 132 valence electrons. The first kappa shape index (κ1) is 18.3. The molecule has 6 nitrogen and oxygen atoms in total. The number of nitrogens with one attached hydrogen (secondary N) is 1. The van der Waals surface area contributed by atoms with Crippen molar-refractivity contribution >= 4 is 17.6 Å². The molecule has 0 bridgehead atoms. The highest BCUT2D eigenvalue weighted by Crippen LogP contribution is 2.16. The second-order valence-electron chi connectivity index (χ2n) is 6.74. The van der Waals surface area contributed by atoms with Crippen LogP contribution in [0.25, 0.3) is 0 Å². The lowest BCUT2D eigenvalue weighted by Gasteiger charge is -2.38. The molecule has 1 aromatic carbocycles. The van der Waals surface area contributed by atoms with Crippen molar-refractivity contribution in [2.24, 2.45) is 0 Å². The van der Waals surface area contributed by atoms with Crippen LogP contribution in [0, 0.1) is 6.92 Å². The maximum atomic E-state index is 12.3. The van der Waals surface area contributed by atoms with E-state index in [2.05, 4.69) is 10.2 Å². The standard InChI is InChI=1S/C18H28N4O2/c1-14-7-5-8-15(11-14)19-17(23)13-22-10-6-9-16(12-22)21(4)18(24)20(2)3/h5,7-8,11,16H,6,9-10,12-13H2,1-4H3,(H,19,23). The van der Waals surface area contributed by atoms with Crippen LogP contribution in [0.15, 0.2) is 24.3 Å². The lowest BCUT2D eigenvalue weighted by molar-refractivity contribution is -0.117. The molecule has 0 spiro atoms. The average molecular weight is 332 g/mol. The number of nitrogens with zero attached hydrogens (tertiary/aromatic N) is 3. The minimum absolute atomic E-state index is 0.00561. The van der Waals surface area contributed by atoms with Gasteiger partial charge in [0.1, 0.15) is 0 Å². The molecule has 1 atom stereocenters. The number of anilines is 1. The number of likely N-dealkylation sites (N-methyl/N-ethyl adjacent to an activating group) is 1. The van der Waals surface area contributed by atoms with Gasteiger partial charge in [-0.15, -0.1) is 0 Å². The largest absolute Gasteiger partial charge is 0.331 e. The highest BCUT2D eigenvalue weighted by atomic mass is 16.2. The summed E-state index contributed by atoms with van der Waals surface area (Å²) in [5, 5.41) is 2.95. The summed E-state index contributed by atoms with van der Waals surface area (Å²) in [5.74, 6) is -0.0113. The van der Waals surface area contributed by atoms with Crippen molar-refractivity contribution in [3.05, 3.63) is 29.8 Å². The predicted octanol–water partition coefficient (Wildman–Crippen LogP) is 2.01. The van der Waals surface area contributed by atoms with E-state index in [1.54, 1.807) is 23.9 Å². The molecular weight excluding hydrogens is 304 g/mol. The number of hydrogen-bond donors (Lipinski definition) is 1. The SMILES string of the molecule is Cc1cccc(NC(=O)CN2CCCC(N(C)C(=O)N(C)C)C2)c1. The number of urea groups is 1. The van der Waals surface area contributed by atoms with E-state index >= 15 is 0 Å². The zero-order chi connectivity index (χ0) is 17.7. The van der Waals surface area contributed by atoms with Gasteiger partial charge in [-0.1, -0.05) is 12.1 Å². The Kier molecular flexibility index (Phi) is 6.20. The van der Waals surface area contributed by atoms with Gasteiger partial charge in [0.15, 0.2) is 0 Å². The number of piperidine rings is 1. The number of benzene rings is 1. The van der Waals surface area contributed by atoms with Crippen LogP contribution < -0.4 is 5.32 Å². The topological polar surface area (TPSA) is 55.9 Å². The monoisotopic (exact) mass is 332 g/mol. The van der Waals surface area contributed by atoms with Crippen molar-refractivity contribution in [1.29, 1.82) is 0 Å². The Morgan fingerprint density at radius 3 is 2.71 bits per heavy atom. The summed E-state index contributed by atoms with van der Waals surface area (Å²) in [4.78, 5) is 29.9. The minimum Gasteiger partial charge on any atom is -0.331 e. The predicted molar refractivity (Wildman–Crippen MR) is 96.1 cm³/mol. The quantitative estimate of drug-likeness (QED) is 0.918. The van der Waals surface area contributed by atoms with E-state index in [-0.39, 0.29) is 18.0 Å². The summed E-state index contributed by atoms with van der Waals surface area (Å²) >= 11 is 0. The summed E-state index contributed by atoms with van der Waals surface area (Å²) in [6.07, 6.45) is 1.97. The van der Waals surface area contributed by atoms with Crippen molar-refractivity contribution in [3.63, 3.8) is 0 Å². The maximum Gasteiger partial charge on any atom is 0.319 e. The smallest absolute Gasteiger partial charge is 0.319 e. The lowest BCUT2D eigenvalue weighted by Crippen LogP contribution is -2.52. The third kappa shape index (κ3) is 4.96. The summed E-state index contributed by atoms with van der Waals surface area (Å²) in [6, 6.07) is 7.95. The second kappa shape index (κ2) is 8.15. The van der Waals surface area contributed by atoms with Crippen molar-refractivity contribution in [1.82, 2.24) is 14.7 Å². The summed E-state index contributed by atoms with van der Waals surface area (Å²) in [6.45, 7) is 3.98. The molecule has 0 saturated carbocycles. The zero-order valence-electron chi connectivity index (χ0n) is 15.1. The van der Waals surface area contributed by atoms with Gasteiger partial charge < -0.3 is 15.1 Å². The molecule has 1 unspecified atom stereocenters. The van der Waals surface area contributed by atoms with Crippen molar-refractivity contribution in [2.45, 2.75) is 25.8 Å². The fourth-order valence-electron chi connectivity index (χ4n) is 3.09. The van der Waals surface area contributed by atoms with Crippen LogP contribution in [-0.2, 0) is 4.79 Å². The molecule has 0 aromatic heterocycles. The van der Waals surface area contributed by atoms with Gasteiger partial charge in [-0.25, -0.2) is 4.79 Å². The van der Waals surface area contributed by atoms with E-state index in [4.69, 9.17) is 0 Å². The Bertz CT molecular complexity index is 588. The molecule has 24 heavy (non-hydrogen) atoms. The van der Waals surface area contributed by atoms with E-state index in [0.717, 1.165) is 37.2 Å². The van der Waals surface area contributed by atoms with Crippen molar-refractivity contribution in [2.75, 3.05) is 46.1 Å². The van der Waals surface area contributed by atoms with Gasteiger partial charge in [0.2, 0.25) is 5.91 Å². The van der Waals surface area contributed by atoms with E-state index in [1.807, 2.05) is 38.2 Å². The van der Waals surface area contributed by atoms with Gasteiger partial charge in [-0.3, -0.25) is 9.69 Å². The van der Waals surface area contributed by atoms with Gasteiger partial charge >= 0.3 is 6.03 Å².